The maximum atomic E-state index is 13.8. The molecule has 1 aliphatic rings. The Hall–Kier alpha value is -3.83. The van der Waals surface area contributed by atoms with Gasteiger partial charge in [-0.05, 0) is 68.8 Å². The molecule has 0 saturated carbocycles. The van der Waals surface area contributed by atoms with Gasteiger partial charge >= 0.3 is 0 Å². The molecule has 10 nitrogen and oxygen atoms in total. The molecule has 258 valence electrons. The van der Waals surface area contributed by atoms with Crippen LogP contribution in [0.1, 0.15) is 61.9 Å². The molecule has 0 aliphatic carbocycles. The lowest BCUT2D eigenvalue weighted by atomic mass is 9.98. The van der Waals surface area contributed by atoms with Crippen LogP contribution in [0.5, 0.6) is 5.75 Å². The molecule has 0 saturated heterocycles. The fourth-order valence-electron chi connectivity index (χ4n) is 5.67. The molecule has 3 atom stereocenters. The van der Waals surface area contributed by atoms with Crippen LogP contribution in [0, 0.1) is 5.92 Å². The summed E-state index contributed by atoms with van der Waals surface area (Å²) in [5.74, 6) is -0.412. The molecule has 3 amide bonds. The summed E-state index contributed by atoms with van der Waals surface area (Å²) in [5.41, 5.74) is 8.72. The van der Waals surface area contributed by atoms with Gasteiger partial charge in [-0.25, -0.2) is 0 Å². The molecule has 3 aromatic carbocycles. The number of amides is 3. The van der Waals surface area contributed by atoms with E-state index < -0.39 is 6.04 Å². The summed E-state index contributed by atoms with van der Waals surface area (Å²) in [7, 11) is 1.98. The monoisotopic (exact) mass is 697 g/mol. The molecule has 0 radical (unpaired) electrons. The zero-order valence-corrected chi connectivity index (χ0v) is 29.2. The lowest BCUT2D eigenvalue weighted by Crippen LogP contribution is -2.49. The molecular weight excluding hydrogens is 653 g/mol. The third-order valence-corrected chi connectivity index (χ3v) is 9.17. The summed E-state index contributed by atoms with van der Waals surface area (Å²) < 4.78 is 6.62. The van der Waals surface area contributed by atoms with Crippen LogP contribution >= 0.6 is 23.2 Å². The van der Waals surface area contributed by atoms with Crippen molar-refractivity contribution in [1.82, 2.24) is 9.80 Å². The van der Waals surface area contributed by atoms with Gasteiger partial charge in [0.05, 0.1) is 45.3 Å². The number of anilines is 3. The Kier molecular flexibility index (Phi) is 13.5. The van der Waals surface area contributed by atoms with Gasteiger partial charge in [-0.2, -0.15) is 0 Å². The predicted octanol–water partition coefficient (Wildman–Crippen LogP) is 6.46. The molecule has 0 aromatic heterocycles. The maximum absolute atomic E-state index is 13.8. The van der Waals surface area contributed by atoms with Crippen molar-refractivity contribution in [2.45, 2.75) is 64.6 Å². The highest BCUT2D eigenvalue weighted by molar-refractivity contribution is 6.42. The molecule has 1 heterocycles. The number of likely N-dealkylation sites (N-methyl/N-ethyl adjacent to an activating group) is 1. The standard InChI is InChI=1S/C36H45Cl2N5O5/c1-23-19-43(24(2)22-44)36(47)26-10-9-13-31(35(26)48-32(23)21-42(3)20-25-16-17-27(37)28(38)18-25)41-34(46)15-6-4-5-14-33(45)40-30-12-8-7-11-29(30)39/h7-13,16-18,23-24,32,44H,4-6,14-15,19-22,39H2,1-3H3,(H,40,45)(H,41,46)/t23-,24+,32+/m1/s1. The molecule has 1 aliphatic heterocycles. The highest BCUT2D eigenvalue weighted by Crippen LogP contribution is 2.35. The molecule has 0 unspecified atom stereocenters. The van der Waals surface area contributed by atoms with Crippen molar-refractivity contribution >= 4 is 58.0 Å². The van der Waals surface area contributed by atoms with Gasteiger partial charge in [0, 0.05) is 38.4 Å². The Morgan fingerprint density at radius 3 is 2.33 bits per heavy atom. The fraction of sp³-hybridized carbons (Fsp3) is 0.417. The summed E-state index contributed by atoms with van der Waals surface area (Å²) in [6, 6.07) is 17.3. The predicted molar refractivity (Wildman–Crippen MR) is 192 cm³/mol. The number of carbonyl (C=O) groups is 3. The second-order valence-corrected chi connectivity index (χ2v) is 13.3. The Morgan fingerprint density at radius 2 is 1.67 bits per heavy atom. The number of hydrogen-bond acceptors (Lipinski definition) is 7. The van der Waals surface area contributed by atoms with Gasteiger partial charge in [0.15, 0.2) is 5.75 Å². The van der Waals surface area contributed by atoms with Crippen LogP contribution in [0.25, 0.3) is 0 Å². The van der Waals surface area contributed by atoms with Crippen LogP contribution in [0.4, 0.5) is 17.1 Å². The number of carbonyl (C=O) groups excluding carboxylic acids is 3. The number of fused-ring (bicyclic) bond motifs is 1. The third-order valence-electron chi connectivity index (χ3n) is 8.44. The molecule has 5 N–H and O–H groups in total. The van der Waals surface area contributed by atoms with Crippen LogP contribution in [0.15, 0.2) is 60.7 Å². The minimum absolute atomic E-state index is 0.105. The van der Waals surface area contributed by atoms with Gasteiger partial charge in [0.2, 0.25) is 11.8 Å². The molecule has 12 heteroatoms. The number of nitrogens with one attached hydrogen (secondary N) is 2. The molecule has 0 spiro atoms. The highest BCUT2D eigenvalue weighted by Gasteiger charge is 2.34. The lowest BCUT2D eigenvalue weighted by molar-refractivity contribution is -0.116. The second-order valence-electron chi connectivity index (χ2n) is 12.5. The van der Waals surface area contributed by atoms with E-state index in [1.54, 1.807) is 47.4 Å². The number of halogens is 2. The number of aliphatic hydroxyl groups is 1. The van der Waals surface area contributed by atoms with Crippen LogP contribution in [-0.2, 0) is 16.1 Å². The zero-order valence-electron chi connectivity index (χ0n) is 27.7. The van der Waals surface area contributed by atoms with Gasteiger partial charge in [-0.3, -0.25) is 19.3 Å². The number of hydrogen-bond donors (Lipinski definition) is 4. The van der Waals surface area contributed by atoms with Gasteiger partial charge in [-0.1, -0.05) is 60.8 Å². The number of nitrogens with zero attached hydrogens (tertiary/aromatic N) is 2. The average Bonchev–Trinajstić information content (AvgIpc) is 3.05. The number of rotatable bonds is 14. The van der Waals surface area contributed by atoms with Gasteiger partial charge in [0.25, 0.3) is 5.91 Å². The van der Waals surface area contributed by atoms with Crippen molar-refractivity contribution in [3.63, 3.8) is 0 Å². The van der Waals surface area contributed by atoms with Gasteiger partial charge in [0.1, 0.15) is 6.10 Å². The first kappa shape index (κ1) is 37.0. The van der Waals surface area contributed by atoms with Gasteiger partial charge in [-0.15, -0.1) is 0 Å². The van der Waals surface area contributed by atoms with Crippen molar-refractivity contribution in [3.8, 4) is 5.75 Å². The largest absolute Gasteiger partial charge is 0.486 e. The molecule has 0 bridgehead atoms. The second kappa shape index (κ2) is 17.5. The topological polar surface area (TPSA) is 137 Å². The van der Waals surface area contributed by atoms with Crippen molar-refractivity contribution in [1.29, 1.82) is 0 Å². The van der Waals surface area contributed by atoms with E-state index in [2.05, 4.69) is 15.5 Å². The minimum Gasteiger partial charge on any atom is -0.486 e. The fourth-order valence-corrected chi connectivity index (χ4v) is 5.99. The summed E-state index contributed by atoms with van der Waals surface area (Å²) >= 11 is 12.4. The van der Waals surface area contributed by atoms with E-state index in [0.29, 0.717) is 83.7 Å². The van der Waals surface area contributed by atoms with E-state index >= 15 is 0 Å². The van der Waals surface area contributed by atoms with E-state index in [-0.39, 0.29) is 42.8 Å². The molecule has 4 rings (SSSR count). The minimum atomic E-state index is -0.411. The van der Waals surface area contributed by atoms with E-state index in [1.807, 2.05) is 39.1 Å². The van der Waals surface area contributed by atoms with Crippen molar-refractivity contribution < 1.29 is 24.2 Å². The normalized spacial score (nSPS) is 16.8. The van der Waals surface area contributed by atoms with E-state index in [1.165, 1.54) is 0 Å². The molecule has 0 fully saturated rings. The molecule has 48 heavy (non-hydrogen) atoms. The summed E-state index contributed by atoms with van der Waals surface area (Å²) in [4.78, 5) is 43.0. The van der Waals surface area contributed by atoms with Crippen LogP contribution in [0.2, 0.25) is 10.0 Å². The van der Waals surface area contributed by atoms with Crippen LogP contribution in [-0.4, -0.2) is 71.5 Å². The lowest BCUT2D eigenvalue weighted by Gasteiger charge is -2.38. The summed E-state index contributed by atoms with van der Waals surface area (Å²) in [5, 5.41) is 16.7. The number of nitrogens with two attached hydrogens (primary N) is 1. The maximum Gasteiger partial charge on any atom is 0.258 e. The van der Waals surface area contributed by atoms with Crippen molar-refractivity contribution in [2.75, 3.05) is 43.1 Å². The number of unbranched alkanes of at least 4 members (excludes halogenated alkanes) is 2. The highest BCUT2D eigenvalue weighted by atomic mass is 35.5. The third kappa shape index (κ3) is 10.1. The number of ether oxygens (including phenoxy) is 1. The summed E-state index contributed by atoms with van der Waals surface area (Å²) in [6.45, 7) is 5.14. The van der Waals surface area contributed by atoms with E-state index in [0.717, 1.165) is 5.56 Å². The Labute approximate surface area is 292 Å². The van der Waals surface area contributed by atoms with Gasteiger partial charge < -0.3 is 31.1 Å². The Morgan fingerprint density at radius 1 is 1.00 bits per heavy atom. The molecule has 3 aromatic rings. The van der Waals surface area contributed by atoms with Crippen LogP contribution < -0.4 is 21.1 Å². The van der Waals surface area contributed by atoms with Crippen molar-refractivity contribution in [3.05, 3.63) is 81.8 Å². The SMILES string of the molecule is C[C@@H]1CN([C@@H](C)CO)C(=O)c2cccc(NC(=O)CCCCCC(=O)Nc3ccccc3N)c2O[C@H]1CN(C)Cc1ccc(Cl)c(Cl)c1. The number of aliphatic hydroxyl groups excluding tert-OH is 1. The summed E-state index contributed by atoms with van der Waals surface area (Å²) in [6.07, 6.45) is 2.10. The smallest absolute Gasteiger partial charge is 0.258 e. The van der Waals surface area contributed by atoms with Crippen molar-refractivity contribution in [2.24, 2.45) is 5.92 Å². The zero-order chi connectivity index (χ0) is 34.8. The first-order valence-corrected chi connectivity index (χ1v) is 17.0. The van der Waals surface area contributed by atoms with Crippen LogP contribution in [0.3, 0.4) is 0 Å². The molecular formula is C36H45Cl2N5O5. The number of para-hydroxylation sites is 3. The number of nitrogen functional groups attached to an aromatic ring is 1. The Bertz CT molecular complexity index is 1590. The van der Waals surface area contributed by atoms with E-state index in [9.17, 15) is 19.5 Å². The first-order valence-electron chi connectivity index (χ1n) is 16.2. The Balaban J connectivity index is 1.42. The quantitative estimate of drug-likeness (QED) is 0.112. The first-order chi connectivity index (χ1) is 23.0. The number of benzene rings is 3. The average molecular weight is 699 g/mol. The van der Waals surface area contributed by atoms with E-state index in [4.69, 9.17) is 33.7 Å².